The number of ether oxygens (including phenoxy) is 1. The van der Waals surface area contributed by atoms with Gasteiger partial charge in [-0.1, -0.05) is 25.0 Å². The van der Waals surface area contributed by atoms with Gasteiger partial charge in [0.05, 0.1) is 13.3 Å². The summed E-state index contributed by atoms with van der Waals surface area (Å²) < 4.78 is 5.23. The smallest absolute Gasteiger partial charge is 0.119 e. The van der Waals surface area contributed by atoms with E-state index in [4.69, 9.17) is 4.74 Å². The molecule has 1 fully saturated rings. The molecule has 1 aliphatic heterocycles. The van der Waals surface area contributed by atoms with Gasteiger partial charge in [-0.2, -0.15) is 0 Å². The number of methoxy groups -OCH3 is 1. The lowest BCUT2D eigenvalue weighted by molar-refractivity contribution is 0.406. The van der Waals surface area contributed by atoms with Crippen molar-refractivity contribution in [3.8, 4) is 5.75 Å². The monoisotopic (exact) mass is 246 g/mol. The van der Waals surface area contributed by atoms with Gasteiger partial charge >= 0.3 is 0 Å². The standard InChI is InChI=1S/C15H22N2O/c1-18-14-7-4-5-12(11-14)9-10-13-6-2-3-8-15(16)17-13/h4-5,7,11,13,15,17H,2-3,6,8-10H2,1H3. The maximum atomic E-state index is 9.71. The Kier molecular flexibility index (Phi) is 5.02. The second-order valence-electron chi connectivity index (χ2n) is 5.05. The van der Waals surface area contributed by atoms with Crippen LogP contribution in [0, 0.1) is 0 Å². The molecule has 0 aromatic heterocycles. The Hall–Kier alpha value is -1.06. The fourth-order valence-electron chi connectivity index (χ4n) is 2.56. The second kappa shape index (κ2) is 6.76. The molecule has 3 heteroatoms. The largest absolute Gasteiger partial charge is 0.497 e. The van der Waals surface area contributed by atoms with Gasteiger partial charge in [0.1, 0.15) is 5.75 Å². The van der Waals surface area contributed by atoms with Crippen LogP contribution >= 0.6 is 0 Å². The van der Waals surface area contributed by atoms with E-state index in [1.807, 2.05) is 12.1 Å². The van der Waals surface area contributed by atoms with Gasteiger partial charge in [-0.05, 0) is 43.4 Å². The van der Waals surface area contributed by atoms with Crippen LogP contribution in [0.3, 0.4) is 0 Å². The van der Waals surface area contributed by atoms with Crippen LogP contribution in [0.5, 0.6) is 5.75 Å². The highest BCUT2D eigenvalue weighted by atomic mass is 16.5. The Labute approximate surface area is 110 Å². The molecule has 0 saturated carbocycles. The molecule has 1 aromatic carbocycles. The Morgan fingerprint density at radius 3 is 3.00 bits per heavy atom. The molecular formula is C15H22N2O. The molecule has 2 rings (SSSR count). The Morgan fingerprint density at radius 2 is 2.17 bits per heavy atom. The average Bonchev–Trinajstić information content (AvgIpc) is 2.61. The number of nitrogens with zero attached hydrogens (tertiary/aromatic N) is 1. The number of hydrogen-bond donors (Lipinski definition) is 1. The molecule has 1 saturated heterocycles. The molecule has 2 atom stereocenters. The van der Waals surface area contributed by atoms with Gasteiger partial charge in [0, 0.05) is 6.04 Å². The number of rotatable bonds is 4. The summed E-state index contributed by atoms with van der Waals surface area (Å²) in [5.41, 5.74) is 11.0. The molecule has 98 valence electrons. The summed E-state index contributed by atoms with van der Waals surface area (Å²) in [6, 6.07) is 8.66. The van der Waals surface area contributed by atoms with Gasteiger partial charge in [-0.25, -0.2) is 0 Å². The van der Waals surface area contributed by atoms with E-state index < -0.39 is 0 Å². The molecular weight excluding hydrogens is 224 g/mol. The van der Waals surface area contributed by atoms with E-state index in [0.29, 0.717) is 6.04 Å². The van der Waals surface area contributed by atoms with Crippen LogP contribution in [0.1, 0.15) is 37.7 Å². The molecule has 0 amide bonds. The highest BCUT2D eigenvalue weighted by molar-refractivity contribution is 5.28. The quantitative estimate of drug-likeness (QED) is 0.887. The number of benzene rings is 1. The summed E-state index contributed by atoms with van der Waals surface area (Å²) in [4.78, 5) is 0. The first-order chi connectivity index (χ1) is 8.78. The molecule has 1 N–H and O–H groups in total. The zero-order valence-electron chi connectivity index (χ0n) is 11.1. The highest BCUT2D eigenvalue weighted by Gasteiger charge is 2.17. The lowest BCUT2D eigenvalue weighted by Gasteiger charge is -2.18. The van der Waals surface area contributed by atoms with E-state index in [0.717, 1.165) is 31.4 Å². The summed E-state index contributed by atoms with van der Waals surface area (Å²) in [5, 5.41) is 3.30. The summed E-state index contributed by atoms with van der Waals surface area (Å²) in [6.45, 7) is 0. The van der Waals surface area contributed by atoms with E-state index in [9.17, 15) is 5.73 Å². The van der Waals surface area contributed by atoms with Crippen LogP contribution in [-0.4, -0.2) is 19.3 Å². The first-order valence-electron chi connectivity index (χ1n) is 6.85. The van der Waals surface area contributed by atoms with Gasteiger partial charge in [0.25, 0.3) is 0 Å². The average molecular weight is 246 g/mol. The highest BCUT2D eigenvalue weighted by Crippen LogP contribution is 2.18. The first-order valence-corrected chi connectivity index (χ1v) is 6.85. The third kappa shape index (κ3) is 4.00. The predicted octanol–water partition coefficient (Wildman–Crippen LogP) is 2.55. The molecule has 1 aliphatic rings. The number of hydrogen-bond acceptors (Lipinski definition) is 2. The Morgan fingerprint density at radius 1 is 1.33 bits per heavy atom. The van der Waals surface area contributed by atoms with E-state index in [1.165, 1.54) is 18.4 Å². The van der Waals surface area contributed by atoms with Crippen molar-refractivity contribution in [2.45, 2.75) is 50.7 Å². The number of nitrogens with one attached hydrogen (secondary N) is 1. The van der Waals surface area contributed by atoms with Crippen molar-refractivity contribution in [1.82, 2.24) is 11.1 Å². The fourth-order valence-corrected chi connectivity index (χ4v) is 2.56. The van der Waals surface area contributed by atoms with Crippen molar-refractivity contribution < 1.29 is 4.74 Å². The Bertz CT molecular complexity index is 367. The van der Waals surface area contributed by atoms with Crippen molar-refractivity contribution in [3.63, 3.8) is 0 Å². The van der Waals surface area contributed by atoms with Crippen LogP contribution in [0.4, 0.5) is 0 Å². The molecule has 3 nitrogen and oxygen atoms in total. The molecule has 1 heterocycles. The zero-order valence-corrected chi connectivity index (χ0v) is 11.1. The van der Waals surface area contributed by atoms with Gasteiger partial charge < -0.3 is 4.74 Å². The maximum absolute atomic E-state index is 9.71. The summed E-state index contributed by atoms with van der Waals surface area (Å²) in [6.07, 6.45) is 6.18. The second-order valence-corrected chi connectivity index (χ2v) is 5.05. The SMILES string of the molecule is COc1cccc(CCC2CCCCC([N])N2)c1. The van der Waals surface area contributed by atoms with Gasteiger partial charge in [0.15, 0.2) is 0 Å². The van der Waals surface area contributed by atoms with E-state index in [1.54, 1.807) is 7.11 Å². The van der Waals surface area contributed by atoms with E-state index in [2.05, 4.69) is 17.4 Å². The fraction of sp³-hybridized carbons (Fsp3) is 0.600. The van der Waals surface area contributed by atoms with Crippen LogP contribution < -0.4 is 15.8 Å². The summed E-state index contributed by atoms with van der Waals surface area (Å²) in [7, 11) is 1.70. The molecule has 0 aliphatic carbocycles. The van der Waals surface area contributed by atoms with E-state index >= 15 is 0 Å². The van der Waals surface area contributed by atoms with Crippen molar-refractivity contribution in [2.75, 3.05) is 7.11 Å². The third-order valence-corrected chi connectivity index (χ3v) is 3.62. The van der Waals surface area contributed by atoms with Crippen LogP contribution in [-0.2, 0) is 6.42 Å². The van der Waals surface area contributed by atoms with Crippen molar-refractivity contribution >= 4 is 0 Å². The van der Waals surface area contributed by atoms with Gasteiger partial charge in [-0.15, -0.1) is 5.73 Å². The van der Waals surface area contributed by atoms with Crippen molar-refractivity contribution in [3.05, 3.63) is 29.8 Å². The normalized spacial score (nSPS) is 24.6. The zero-order chi connectivity index (χ0) is 12.8. The molecule has 0 spiro atoms. The third-order valence-electron chi connectivity index (χ3n) is 3.62. The topological polar surface area (TPSA) is 43.6 Å². The molecule has 2 radical (unpaired) electrons. The minimum absolute atomic E-state index is 0.317. The Balaban J connectivity index is 1.85. The predicted molar refractivity (Wildman–Crippen MR) is 72.6 cm³/mol. The summed E-state index contributed by atoms with van der Waals surface area (Å²) >= 11 is 0. The maximum Gasteiger partial charge on any atom is 0.119 e. The van der Waals surface area contributed by atoms with Gasteiger partial charge in [-0.3, -0.25) is 5.32 Å². The summed E-state index contributed by atoms with van der Waals surface area (Å²) in [5.74, 6) is 0.918. The molecule has 0 bridgehead atoms. The van der Waals surface area contributed by atoms with Crippen LogP contribution in [0.15, 0.2) is 24.3 Å². The minimum atomic E-state index is -0.317. The van der Waals surface area contributed by atoms with Gasteiger partial charge in [0.2, 0.25) is 0 Å². The molecule has 2 unspecified atom stereocenters. The van der Waals surface area contributed by atoms with E-state index in [-0.39, 0.29) is 6.17 Å². The van der Waals surface area contributed by atoms with Crippen LogP contribution in [0.2, 0.25) is 0 Å². The molecule has 18 heavy (non-hydrogen) atoms. The van der Waals surface area contributed by atoms with Crippen molar-refractivity contribution in [2.24, 2.45) is 0 Å². The lowest BCUT2D eigenvalue weighted by Crippen LogP contribution is -2.37. The van der Waals surface area contributed by atoms with Crippen molar-refractivity contribution in [1.29, 1.82) is 0 Å². The first kappa shape index (κ1) is 13.4. The minimum Gasteiger partial charge on any atom is -0.497 e. The number of aryl methyl sites for hydroxylation is 1. The molecule has 1 aromatic rings. The lowest BCUT2D eigenvalue weighted by atomic mass is 10.0. The van der Waals surface area contributed by atoms with Crippen LogP contribution in [0.25, 0.3) is 0 Å².